The Morgan fingerprint density at radius 2 is 1.88 bits per heavy atom. The number of amides is 2. The lowest BCUT2D eigenvalue weighted by molar-refractivity contribution is -0.126. The predicted molar refractivity (Wildman–Crippen MR) is 121 cm³/mol. The molecule has 2 aliphatic rings. The zero-order valence-corrected chi connectivity index (χ0v) is 18.4. The molecule has 1 fully saturated rings. The van der Waals surface area contributed by atoms with Crippen LogP contribution in [0.15, 0.2) is 53.3 Å². The summed E-state index contributed by atoms with van der Waals surface area (Å²) in [6.07, 6.45) is 7.52. The van der Waals surface area contributed by atoms with Crippen LogP contribution in [0.4, 0.5) is 0 Å². The minimum atomic E-state index is 0.0304. The molecule has 1 aliphatic heterocycles. The number of nitrogens with one attached hydrogen (secondary N) is 1. The molecule has 5 rings (SSSR count). The van der Waals surface area contributed by atoms with Gasteiger partial charge in [0.25, 0.3) is 5.91 Å². The molecule has 2 aromatic heterocycles. The van der Waals surface area contributed by atoms with Crippen molar-refractivity contribution in [2.75, 3.05) is 13.1 Å². The number of hydrogen-bond donors (Lipinski definition) is 1. The molecule has 3 aromatic rings. The summed E-state index contributed by atoms with van der Waals surface area (Å²) in [5.74, 6) is 1.74. The molecule has 8 heteroatoms. The van der Waals surface area contributed by atoms with Crippen LogP contribution in [0, 0.1) is 11.8 Å². The average molecular weight is 446 g/mol. The van der Waals surface area contributed by atoms with Gasteiger partial charge in [0.1, 0.15) is 0 Å². The van der Waals surface area contributed by atoms with E-state index in [0.29, 0.717) is 37.1 Å². The van der Waals surface area contributed by atoms with E-state index in [1.54, 1.807) is 12.4 Å². The van der Waals surface area contributed by atoms with Crippen molar-refractivity contribution in [2.24, 2.45) is 11.8 Å². The van der Waals surface area contributed by atoms with Gasteiger partial charge in [0.05, 0.1) is 0 Å². The van der Waals surface area contributed by atoms with Crippen molar-refractivity contribution < 1.29 is 14.1 Å². The second-order valence-electron chi connectivity index (χ2n) is 8.85. The van der Waals surface area contributed by atoms with Crippen LogP contribution in [0.1, 0.15) is 47.5 Å². The van der Waals surface area contributed by atoms with Gasteiger partial charge in [-0.05, 0) is 55.4 Å². The van der Waals surface area contributed by atoms with Gasteiger partial charge in [0.2, 0.25) is 17.6 Å². The van der Waals surface area contributed by atoms with Gasteiger partial charge >= 0.3 is 0 Å². The summed E-state index contributed by atoms with van der Waals surface area (Å²) < 4.78 is 5.29. The molecule has 2 amide bonds. The predicted octanol–water partition coefficient (Wildman–Crippen LogP) is 3.25. The Kier molecular flexibility index (Phi) is 6.15. The normalized spacial score (nSPS) is 20.0. The largest absolute Gasteiger partial charge is 0.355 e. The highest BCUT2D eigenvalue weighted by atomic mass is 16.5. The first-order valence-electron chi connectivity index (χ1n) is 11.6. The molecule has 1 aliphatic carbocycles. The number of hydrogen-bond acceptors (Lipinski definition) is 6. The van der Waals surface area contributed by atoms with Crippen molar-refractivity contribution in [3.05, 3.63) is 65.8 Å². The van der Waals surface area contributed by atoms with Crippen LogP contribution in [-0.4, -0.2) is 44.9 Å². The Labute approximate surface area is 192 Å². The highest BCUT2D eigenvalue weighted by Crippen LogP contribution is 2.32. The fourth-order valence-corrected chi connectivity index (χ4v) is 4.79. The van der Waals surface area contributed by atoms with Gasteiger partial charge in [-0.25, -0.2) is 0 Å². The lowest BCUT2D eigenvalue weighted by atomic mass is 9.81. The first-order chi connectivity index (χ1) is 16.2. The molecule has 8 nitrogen and oxygen atoms in total. The first-order valence-corrected chi connectivity index (χ1v) is 11.6. The third kappa shape index (κ3) is 4.79. The molecule has 170 valence electrons. The number of carbonyl (C=O) groups excluding carboxylic acids is 2. The van der Waals surface area contributed by atoms with Crippen LogP contribution in [0.25, 0.3) is 11.4 Å². The summed E-state index contributed by atoms with van der Waals surface area (Å²) in [5, 5.41) is 7.00. The van der Waals surface area contributed by atoms with Gasteiger partial charge in [-0.1, -0.05) is 23.4 Å². The molecule has 0 bridgehead atoms. The molecule has 3 heterocycles. The molecular weight excluding hydrogens is 418 g/mol. The summed E-state index contributed by atoms with van der Waals surface area (Å²) in [5.41, 5.74) is 2.80. The molecule has 1 aromatic carbocycles. The van der Waals surface area contributed by atoms with E-state index in [0.717, 1.165) is 48.9 Å². The van der Waals surface area contributed by atoms with E-state index in [2.05, 4.69) is 20.4 Å². The summed E-state index contributed by atoms with van der Waals surface area (Å²) in [4.78, 5) is 35.5. The van der Waals surface area contributed by atoms with Crippen LogP contribution < -0.4 is 5.32 Å². The van der Waals surface area contributed by atoms with Crippen LogP contribution in [0.2, 0.25) is 0 Å². The molecule has 0 unspecified atom stereocenters. The Balaban J connectivity index is 1.04. The van der Waals surface area contributed by atoms with Crippen LogP contribution in [0.3, 0.4) is 0 Å². The molecule has 1 N–H and O–H groups in total. The van der Waals surface area contributed by atoms with Crippen molar-refractivity contribution in [1.82, 2.24) is 25.3 Å². The van der Waals surface area contributed by atoms with Crippen LogP contribution in [0.5, 0.6) is 0 Å². The van der Waals surface area contributed by atoms with Gasteiger partial charge in [0, 0.05) is 55.5 Å². The summed E-state index contributed by atoms with van der Waals surface area (Å²) in [6, 6.07) is 11.5. The Hall–Kier alpha value is -3.55. The number of pyridine rings is 1. The SMILES string of the molecule is O=C(NCCc1nc(-c2ccncc2)no1)C1CCC(CN2Cc3ccccc3C2=O)CC1. The molecule has 33 heavy (non-hydrogen) atoms. The van der Waals surface area contributed by atoms with Gasteiger partial charge in [-0.2, -0.15) is 4.98 Å². The van der Waals surface area contributed by atoms with Crippen molar-refractivity contribution in [3.63, 3.8) is 0 Å². The lowest BCUT2D eigenvalue weighted by Crippen LogP contribution is -2.37. The molecule has 0 saturated heterocycles. The van der Waals surface area contributed by atoms with Gasteiger partial charge in [-0.15, -0.1) is 0 Å². The van der Waals surface area contributed by atoms with Gasteiger partial charge < -0.3 is 14.7 Å². The number of aromatic nitrogens is 3. The Morgan fingerprint density at radius 1 is 1.09 bits per heavy atom. The van der Waals surface area contributed by atoms with E-state index in [-0.39, 0.29) is 17.7 Å². The number of rotatable bonds is 7. The quantitative estimate of drug-likeness (QED) is 0.599. The highest BCUT2D eigenvalue weighted by molar-refractivity contribution is 5.98. The summed E-state index contributed by atoms with van der Waals surface area (Å²) in [7, 11) is 0. The summed E-state index contributed by atoms with van der Waals surface area (Å²) in [6.45, 7) is 1.95. The maximum absolute atomic E-state index is 12.6. The van der Waals surface area contributed by atoms with E-state index in [4.69, 9.17) is 4.52 Å². The molecule has 1 saturated carbocycles. The lowest BCUT2D eigenvalue weighted by Gasteiger charge is -2.30. The fraction of sp³-hybridized carbons (Fsp3) is 0.400. The van der Waals surface area contributed by atoms with Gasteiger partial charge in [-0.3, -0.25) is 14.6 Å². The van der Waals surface area contributed by atoms with E-state index >= 15 is 0 Å². The molecule has 0 atom stereocenters. The standard InChI is InChI=1S/C25H27N5O3/c31-24(27-14-11-22-28-23(29-33-22)18-9-12-26-13-10-18)19-7-5-17(6-8-19)15-30-16-20-3-1-2-4-21(20)25(30)32/h1-4,9-10,12-13,17,19H,5-8,11,14-16H2,(H,27,31). The maximum Gasteiger partial charge on any atom is 0.254 e. The van der Waals surface area contributed by atoms with Crippen molar-refractivity contribution in [1.29, 1.82) is 0 Å². The van der Waals surface area contributed by atoms with Gasteiger partial charge in [0.15, 0.2) is 0 Å². The number of fused-ring (bicyclic) bond motifs is 1. The number of carbonyl (C=O) groups is 2. The zero-order valence-electron chi connectivity index (χ0n) is 18.4. The second-order valence-corrected chi connectivity index (χ2v) is 8.85. The van der Waals surface area contributed by atoms with E-state index < -0.39 is 0 Å². The smallest absolute Gasteiger partial charge is 0.254 e. The monoisotopic (exact) mass is 445 g/mol. The number of nitrogens with zero attached hydrogens (tertiary/aromatic N) is 4. The van der Waals surface area contributed by atoms with Crippen molar-refractivity contribution in [3.8, 4) is 11.4 Å². The fourth-order valence-electron chi connectivity index (χ4n) is 4.79. The Morgan fingerprint density at radius 3 is 2.67 bits per heavy atom. The number of benzene rings is 1. The summed E-state index contributed by atoms with van der Waals surface area (Å²) >= 11 is 0. The van der Waals surface area contributed by atoms with E-state index in [1.165, 1.54) is 0 Å². The topological polar surface area (TPSA) is 101 Å². The van der Waals surface area contributed by atoms with E-state index in [9.17, 15) is 9.59 Å². The average Bonchev–Trinajstić information content (AvgIpc) is 3.45. The minimum absolute atomic E-state index is 0.0304. The van der Waals surface area contributed by atoms with Crippen molar-refractivity contribution >= 4 is 11.8 Å². The molecular formula is C25H27N5O3. The highest BCUT2D eigenvalue weighted by Gasteiger charge is 2.32. The molecule has 0 spiro atoms. The zero-order chi connectivity index (χ0) is 22.6. The first kappa shape index (κ1) is 21.3. The Bertz CT molecular complexity index is 1120. The van der Waals surface area contributed by atoms with Crippen LogP contribution >= 0.6 is 0 Å². The molecule has 0 radical (unpaired) electrons. The minimum Gasteiger partial charge on any atom is -0.355 e. The second kappa shape index (κ2) is 9.52. The third-order valence-corrected chi connectivity index (χ3v) is 6.64. The van der Waals surface area contributed by atoms with Crippen molar-refractivity contribution in [2.45, 2.75) is 38.6 Å². The maximum atomic E-state index is 12.6. The van der Waals surface area contributed by atoms with Crippen LogP contribution in [-0.2, 0) is 17.8 Å². The third-order valence-electron chi connectivity index (χ3n) is 6.64. The van der Waals surface area contributed by atoms with E-state index in [1.807, 2.05) is 41.3 Å².